The van der Waals surface area contributed by atoms with E-state index in [1.165, 1.54) is 4.90 Å². The number of nitrogens with one attached hydrogen (secondary N) is 1. The Morgan fingerprint density at radius 1 is 1.31 bits per heavy atom. The zero-order valence-electron chi connectivity index (χ0n) is 10.3. The predicted molar refractivity (Wildman–Crippen MR) is 62.1 cm³/mol. The average Bonchev–Trinajstić information content (AvgIpc) is 2.68. The third kappa shape index (κ3) is 3.72. The molecule has 1 aliphatic heterocycles. The predicted octanol–water partition coefficient (Wildman–Crippen LogP) is 0.659. The fourth-order valence-corrected chi connectivity index (χ4v) is 1.70. The van der Waals surface area contributed by atoms with Crippen LogP contribution in [0.5, 0.6) is 0 Å². The Morgan fingerprint density at radius 2 is 1.88 bits per heavy atom. The summed E-state index contributed by atoms with van der Waals surface area (Å²) in [5.74, 6) is 0.0407. The van der Waals surface area contributed by atoms with Crippen LogP contribution in [0.4, 0.5) is 4.79 Å². The lowest BCUT2D eigenvalue weighted by atomic mass is 10.4. The van der Waals surface area contributed by atoms with E-state index >= 15 is 0 Å². The first-order valence-electron chi connectivity index (χ1n) is 5.80. The highest BCUT2D eigenvalue weighted by atomic mass is 16.2. The molecule has 0 aromatic carbocycles. The molecule has 5 nitrogen and oxygen atoms in total. The topological polar surface area (TPSA) is 52.7 Å². The van der Waals surface area contributed by atoms with Crippen molar-refractivity contribution in [2.45, 2.75) is 32.7 Å². The first-order chi connectivity index (χ1) is 7.50. The van der Waals surface area contributed by atoms with Crippen LogP contribution in [0.1, 0.15) is 26.7 Å². The Hall–Kier alpha value is -1.26. The standard InChI is InChI=1S/C11H21N3O2/c1-9(2)12-11(16)13(3)8-10(15)14-6-4-5-7-14/h9H,4-8H2,1-3H3,(H,12,16). The quantitative estimate of drug-likeness (QED) is 0.770. The molecular weight excluding hydrogens is 206 g/mol. The lowest BCUT2D eigenvalue weighted by Gasteiger charge is -2.22. The van der Waals surface area contributed by atoms with E-state index < -0.39 is 0 Å². The second kappa shape index (κ2) is 5.72. The molecule has 1 heterocycles. The zero-order valence-corrected chi connectivity index (χ0v) is 10.3. The number of rotatable bonds is 3. The van der Waals surface area contributed by atoms with Crippen molar-refractivity contribution in [2.24, 2.45) is 0 Å². The molecule has 0 radical (unpaired) electrons. The van der Waals surface area contributed by atoms with E-state index in [0.29, 0.717) is 0 Å². The van der Waals surface area contributed by atoms with Gasteiger partial charge in [0.2, 0.25) is 5.91 Å². The van der Waals surface area contributed by atoms with E-state index in [1.54, 1.807) is 7.05 Å². The summed E-state index contributed by atoms with van der Waals surface area (Å²) in [5.41, 5.74) is 0. The summed E-state index contributed by atoms with van der Waals surface area (Å²) in [7, 11) is 1.64. The maximum absolute atomic E-state index is 11.8. The minimum atomic E-state index is -0.192. The molecule has 1 saturated heterocycles. The maximum atomic E-state index is 11.8. The molecule has 0 aromatic rings. The first-order valence-corrected chi connectivity index (χ1v) is 5.80. The largest absolute Gasteiger partial charge is 0.341 e. The molecule has 1 aliphatic rings. The van der Waals surface area contributed by atoms with Crippen molar-refractivity contribution in [1.82, 2.24) is 15.1 Å². The number of hydrogen-bond donors (Lipinski definition) is 1. The van der Waals surface area contributed by atoms with E-state index in [9.17, 15) is 9.59 Å². The van der Waals surface area contributed by atoms with Gasteiger partial charge < -0.3 is 15.1 Å². The second-order valence-electron chi connectivity index (χ2n) is 4.55. The molecule has 0 atom stereocenters. The van der Waals surface area contributed by atoms with Crippen LogP contribution in [0.2, 0.25) is 0 Å². The lowest BCUT2D eigenvalue weighted by Crippen LogP contribution is -2.45. The van der Waals surface area contributed by atoms with Crippen molar-refractivity contribution < 1.29 is 9.59 Å². The van der Waals surface area contributed by atoms with Gasteiger partial charge in [-0.25, -0.2) is 4.79 Å². The van der Waals surface area contributed by atoms with E-state index in [4.69, 9.17) is 0 Å². The molecule has 1 N–H and O–H groups in total. The Kier molecular flexibility index (Phi) is 4.58. The Bertz CT molecular complexity index is 260. The SMILES string of the molecule is CC(C)NC(=O)N(C)CC(=O)N1CCCC1. The van der Waals surface area contributed by atoms with Crippen molar-refractivity contribution in [3.05, 3.63) is 0 Å². The van der Waals surface area contributed by atoms with Gasteiger partial charge >= 0.3 is 6.03 Å². The van der Waals surface area contributed by atoms with Crippen LogP contribution in [0.3, 0.4) is 0 Å². The first kappa shape index (κ1) is 12.8. The van der Waals surface area contributed by atoms with Crippen LogP contribution >= 0.6 is 0 Å². The molecule has 1 rings (SSSR count). The molecule has 0 unspecified atom stereocenters. The molecule has 5 heteroatoms. The van der Waals surface area contributed by atoms with Gasteiger partial charge in [-0.15, -0.1) is 0 Å². The summed E-state index contributed by atoms with van der Waals surface area (Å²) in [4.78, 5) is 26.5. The van der Waals surface area contributed by atoms with Gasteiger partial charge in [0.15, 0.2) is 0 Å². The average molecular weight is 227 g/mol. The van der Waals surface area contributed by atoms with Crippen LogP contribution in [0.25, 0.3) is 0 Å². The van der Waals surface area contributed by atoms with Gasteiger partial charge in [0.05, 0.1) is 0 Å². The van der Waals surface area contributed by atoms with Gasteiger partial charge in [-0.3, -0.25) is 4.79 Å². The lowest BCUT2D eigenvalue weighted by molar-refractivity contribution is -0.130. The van der Waals surface area contributed by atoms with E-state index in [1.807, 2.05) is 18.7 Å². The van der Waals surface area contributed by atoms with Crippen molar-refractivity contribution >= 4 is 11.9 Å². The summed E-state index contributed by atoms with van der Waals surface area (Å²) >= 11 is 0. The third-order valence-corrected chi connectivity index (χ3v) is 2.59. The summed E-state index contributed by atoms with van der Waals surface area (Å²) in [6.07, 6.45) is 2.15. The van der Waals surface area contributed by atoms with Gasteiger partial charge in [0.25, 0.3) is 0 Å². The van der Waals surface area contributed by atoms with Gasteiger partial charge in [0, 0.05) is 26.2 Å². The molecule has 0 aliphatic carbocycles. The molecule has 16 heavy (non-hydrogen) atoms. The normalized spacial score (nSPS) is 15.4. The van der Waals surface area contributed by atoms with Crippen LogP contribution in [-0.2, 0) is 4.79 Å². The van der Waals surface area contributed by atoms with Crippen LogP contribution in [-0.4, -0.2) is 54.5 Å². The number of carbonyl (C=O) groups is 2. The zero-order chi connectivity index (χ0) is 12.1. The highest BCUT2D eigenvalue weighted by Crippen LogP contribution is 2.07. The third-order valence-electron chi connectivity index (χ3n) is 2.59. The maximum Gasteiger partial charge on any atom is 0.317 e. The highest BCUT2D eigenvalue weighted by molar-refractivity contribution is 5.84. The molecule has 3 amide bonds. The molecule has 0 saturated carbocycles. The monoisotopic (exact) mass is 227 g/mol. The molecule has 0 bridgehead atoms. The van der Waals surface area contributed by atoms with Gasteiger partial charge in [0.1, 0.15) is 6.54 Å². The summed E-state index contributed by atoms with van der Waals surface area (Å²) in [6, 6.07) is -0.0978. The molecule has 92 valence electrons. The van der Waals surface area contributed by atoms with Gasteiger partial charge in [-0.1, -0.05) is 0 Å². The van der Waals surface area contributed by atoms with Crippen LogP contribution in [0.15, 0.2) is 0 Å². The van der Waals surface area contributed by atoms with Gasteiger partial charge in [-0.2, -0.15) is 0 Å². The molecule has 1 fully saturated rings. The van der Waals surface area contributed by atoms with E-state index in [0.717, 1.165) is 25.9 Å². The number of carbonyl (C=O) groups excluding carboxylic acids is 2. The van der Waals surface area contributed by atoms with Gasteiger partial charge in [-0.05, 0) is 26.7 Å². The number of urea groups is 1. The number of hydrogen-bond acceptors (Lipinski definition) is 2. The fourth-order valence-electron chi connectivity index (χ4n) is 1.70. The van der Waals surface area contributed by atoms with Crippen LogP contribution in [0, 0.1) is 0 Å². The Balaban J connectivity index is 2.35. The van der Waals surface area contributed by atoms with E-state index in [2.05, 4.69) is 5.32 Å². The number of likely N-dealkylation sites (N-methyl/N-ethyl adjacent to an activating group) is 1. The Labute approximate surface area is 96.8 Å². The molecular formula is C11H21N3O2. The summed E-state index contributed by atoms with van der Waals surface area (Å²) < 4.78 is 0. The van der Waals surface area contributed by atoms with Crippen molar-refractivity contribution in [1.29, 1.82) is 0 Å². The second-order valence-corrected chi connectivity index (χ2v) is 4.55. The fraction of sp³-hybridized carbons (Fsp3) is 0.818. The van der Waals surface area contributed by atoms with Crippen molar-refractivity contribution in [2.75, 3.05) is 26.7 Å². The molecule has 0 aromatic heterocycles. The minimum absolute atomic E-state index is 0.0407. The van der Waals surface area contributed by atoms with Crippen molar-refractivity contribution in [3.8, 4) is 0 Å². The summed E-state index contributed by atoms with van der Waals surface area (Å²) in [5, 5.41) is 2.75. The smallest absolute Gasteiger partial charge is 0.317 e. The molecule has 0 spiro atoms. The Morgan fingerprint density at radius 3 is 2.38 bits per heavy atom. The van der Waals surface area contributed by atoms with Crippen molar-refractivity contribution in [3.63, 3.8) is 0 Å². The van der Waals surface area contributed by atoms with E-state index in [-0.39, 0.29) is 24.5 Å². The summed E-state index contributed by atoms with van der Waals surface area (Å²) in [6.45, 7) is 5.62. The number of likely N-dealkylation sites (tertiary alicyclic amines) is 1. The number of amides is 3. The highest BCUT2D eigenvalue weighted by Gasteiger charge is 2.21. The van der Waals surface area contributed by atoms with Crippen LogP contribution < -0.4 is 5.32 Å². The number of nitrogens with zero attached hydrogens (tertiary/aromatic N) is 2. The minimum Gasteiger partial charge on any atom is -0.341 e.